The van der Waals surface area contributed by atoms with Crippen LogP contribution >= 0.6 is 22.9 Å². The van der Waals surface area contributed by atoms with E-state index in [-0.39, 0.29) is 11.9 Å². The van der Waals surface area contributed by atoms with Crippen molar-refractivity contribution < 1.29 is 4.79 Å². The fourth-order valence-electron chi connectivity index (χ4n) is 2.68. The second-order valence-corrected chi connectivity index (χ2v) is 6.62. The predicted octanol–water partition coefficient (Wildman–Crippen LogP) is 3.36. The number of hydrogen-bond acceptors (Lipinski definition) is 5. The molecule has 1 aliphatic rings. The van der Waals surface area contributed by atoms with E-state index in [1.165, 1.54) is 12.6 Å². The lowest BCUT2D eigenvalue weighted by Crippen LogP contribution is -2.39. The van der Waals surface area contributed by atoms with Gasteiger partial charge in [-0.15, -0.1) is 11.3 Å². The number of likely N-dealkylation sites (tertiary alicyclic amines) is 1. The molecule has 0 aliphatic carbocycles. The molecule has 0 aromatic carbocycles. The minimum absolute atomic E-state index is 0.0571. The summed E-state index contributed by atoms with van der Waals surface area (Å²) in [7, 11) is 0. The van der Waals surface area contributed by atoms with Gasteiger partial charge >= 0.3 is 0 Å². The van der Waals surface area contributed by atoms with E-state index in [0.717, 1.165) is 24.4 Å². The Bertz CT molecular complexity index is 617. The lowest BCUT2D eigenvalue weighted by atomic mass is 10.0. The first-order valence-electron chi connectivity index (χ1n) is 7.27. The van der Waals surface area contributed by atoms with Crippen molar-refractivity contribution in [2.75, 3.05) is 18.4 Å². The summed E-state index contributed by atoms with van der Waals surface area (Å²) in [6.45, 7) is 1.28. The number of piperidine rings is 1. The van der Waals surface area contributed by atoms with Crippen LogP contribution in [-0.4, -0.2) is 33.9 Å². The van der Waals surface area contributed by atoms with Crippen molar-refractivity contribution in [1.29, 1.82) is 0 Å². The number of carbonyl (C=O) groups is 1. The zero-order valence-electron chi connectivity index (χ0n) is 12.0. The molecule has 0 spiro atoms. The highest BCUT2D eigenvalue weighted by molar-refractivity contribution is 7.09. The van der Waals surface area contributed by atoms with Gasteiger partial charge in [-0.1, -0.05) is 18.0 Å². The van der Waals surface area contributed by atoms with Gasteiger partial charge in [0.1, 0.15) is 10.8 Å². The number of anilines is 1. The molecule has 1 saturated heterocycles. The maximum absolute atomic E-state index is 12.2. The van der Waals surface area contributed by atoms with Gasteiger partial charge in [0.2, 0.25) is 5.91 Å². The Hall–Kier alpha value is -1.50. The van der Waals surface area contributed by atoms with Gasteiger partial charge in [-0.05, 0) is 31.5 Å². The number of amides is 1. The third-order valence-corrected chi connectivity index (χ3v) is 4.79. The highest BCUT2D eigenvalue weighted by Crippen LogP contribution is 2.31. The lowest BCUT2D eigenvalue weighted by molar-refractivity contribution is -0.118. The van der Waals surface area contributed by atoms with E-state index in [4.69, 9.17) is 11.6 Å². The van der Waals surface area contributed by atoms with Gasteiger partial charge in [0.15, 0.2) is 0 Å². The number of rotatable bonds is 4. The van der Waals surface area contributed by atoms with E-state index in [1.807, 2.05) is 11.6 Å². The SMILES string of the molecule is O=C(CN1CCCC[C@H]1c1nccs1)Nc1ccc(Cl)cn1. The molecule has 2 aromatic rings. The lowest BCUT2D eigenvalue weighted by Gasteiger charge is -2.33. The van der Waals surface area contributed by atoms with Crippen LogP contribution in [0.2, 0.25) is 5.02 Å². The molecule has 22 heavy (non-hydrogen) atoms. The Balaban J connectivity index is 1.62. The van der Waals surface area contributed by atoms with E-state index < -0.39 is 0 Å². The number of halogens is 1. The first-order valence-corrected chi connectivity index (χ1v) is 8.53. The highest BCUT2D eigenvalue weighted by atomic mass is 35.5. The Labute approximate surface area is 138 Å². The molecule has 7 heteroatoms. The monoisotopic (exact) mass is 336 g/mol. The molecule has 5 nitrogen and oxygen atoms in total. The normalized spacial score (nSPS) is 19.0. The molecular formula is C15H17ClN4OS. The van der Waals surface area contributed by atoms with Crippen molar-refractivity contribution in [3.63, 3.8) is 0 Å². The van der Waals surface area contributed by atoms with Gasteiger partial charge in [0, 0.05) is 17.8 Å². The molecule has 1 N–H and O–H groups in total. The summed E-state index contributed by atoms with van der Waals surface area (Å²) in [6.07, 6.45) is 6.70. The minimum atomic E-state index is -0.0571. The highest BCUT2D eigenvalue weighted by Gasteiger charge is 2.27. The molecule has 0 bridgehead atoms. The zero-order valence-corrected chi connectivity index (χ0v) is 13.6. The molecule has 1 fully saturated rings. The van der Waals surface area contributed by atoms with E-state index in [1.54, 1.807) is 23.5 Å². The summed E-state index contributed by atoms with van der Waals surface area (Å²) in [5.41, 5.74) is 0. The summed E-state index contributed by atoms with van der Waals surface area (Å²) in [4.78, 5) is 22.9. The van der Waals surface area contributed by atoms with Crippen LogP contribution in [0.3, 0.4) is 0 Å². The summed E-state index contributed by atoms with van der Waals surface area (Å²) in [5, 5.41) is 6.45. The van der Waals surface area contributed by atoms with Gasteiger partial charge in [-0.2, -0.15) is 0 Å². The molecular weight excluding hydrogens is 320 g/mol. The third-order valence-electron chi connectivity index (χ3n) is 3.69. The number of pyridine rings is 1. The van der Waals surface area contributed by atoms with E-state index in [2.05, 4.69) is 20.2 Å². The Kier molecular flexibility index (Phi) is 5.02. The van der Waals surface area contributed by atoms with Crippen LogP contribution in [0.15, 0.2) is 29.9 Å². The van der Waals surface area contributed by atoms with Crippen LogP contribution in [0.5, 0.6) is 0 Å². The minimum Gasteiger partial charge on any atom is -0.310 e. The number of thiazole rings is 1. The van der Waals surface area contributed by atoms with Gasteiger partial charge in [0.05, 0.1) is 17.6 Å². The zero-order chi connectivity index (χ0) is 15.4. The van der Waals surface area contributed by atoms with Gasteiger partial charge in [-0.3, -0.25) is 9.69 Å². The fourth-order valence-corrected chi connectivity index (χ4v) is 3.59. The molecule has 2 aromatic heterocycles. The van der Waals surface area contributed by atoms with Crippen LogP contribution in [0.1, 0.15) is 30.3 Å². The summed E-state index contributed by atoms with van der Waals surface area (Å²) in [6, 6.07) is 3.66. The van der Waals surface area contributed by atoms with Gasteiger partial charge in [-0.25, -0.2) is 9.97 Å². The second kappa shape index (κ2) is 7.17. The van der Waals surface area contributed by atoms with Crippen molar-refractivity contribution in [1.82, 2.24) is 14.9 Å². The molecule has 1 atom stereocenters. The fraction of sp³-hybridized carbons (Fsp3) is 0.400. The maximum atomic E-state index is 12.2. The molecule has 0 radical (unpaired) electrons. The largest absolute Gasteiger partial charge is 0.310 e. The van der Waals surface area contributed by atoms with Crippen LogP contribution < -0.4 is 5.32 Å². The van der Waals surface area contributed by atoms with Crippen molar-refractivity contribution in [2.45, 2.75) is 25.3 Å². The smallest absolute Gasteiger partial charge is 0.239 e. The topological polar surface area (TPSA) is 58.1 Å². The van der Waals surface area contributed by atoms with E-state index in [0.29, 0.717) is 17.4 Å². The summed E-state index contributed by atoms with van der Waals surface area (Å²) >= 11 is 7.45. The van der Waals surface area contributed by atoms with Gasteiger partial charge in [0.25, 0.3) is 0 Å². The van der Waals surface area contributed by atoms with Crippen molar-refractivity contribution in [2.24, 2.45) is 0 Å². The Morgan fingerprint density at radius 2 is 2.32 bits per heavy atom. The summed E-state index contributed by atoms with van der Waals surface area (Å²) in [5.74, 6) is 0.468. The van der Waals surface area contributed by atoms with Gasteiger partial charge < -0.3 is 5.32 Å². The second-order valence-electron chi connectivity index (χ2n) is 5.26. The third kappa shape index (κ3) is 3.82. The van der Waals surface area contributed by atoms with E-state index in [9.17, 15) is 4.79 Å². The number of aromatic nitrogens is 2. The van der Waals surface area contributed by atoms with Crippen LogP contribution in [0.4, 0.5) is 5.82 Å². The predicted molar refractivity (Wildman–Crippen MR) is 88.2 cm³/mol. The standard InChI is InChI=1S/C15H17ClN4OS/c16-11-4-5-13(18-9-11)19-14(21)10-20-7-2-1-3-12(20)15-17-6-8-22-15/h4-6,8-9,12H,1-3,7,10H2,(H,18,19,21)/t12-/m0/s1. The summed E-state index contributed by atoms with van der Waals surface area (Å²) < 4.78 is 0. The molecule has 116 valence electrons. The number of carbonyl (C=O) groups excluding carboxylic acids is 1. The molecule has 1 amide bonds. The van der Waals surface area contributed by atoms with E-state index >= 15 is 0 Å². The van der Waals surface area contributed by atoms with Crippen molar-refractivity contribution in [3.8, 4) is 0 Å². The molecule has 3 rings (SSSR count). The molecule has 1 aliphatic heterocycles. The molecule has 0 saturated carbocycles. The quantitative estimate of drug-likeness (QED) is 0.930. The Morgan fingerprint density at radius 3 is 3.05 bits per heavy atom. The van der Waals surface area contributed by atoms with Crippen LogP contribution in [-0.2, 0) is 4.79 Å². The average Bonchev–Trinajstić information content (AvgIpc) is 3.04. The van der Waals surface area contributed by atoms with Crippen molar-refractivity contribution in [3.05, 3.63) is 39.9 Å². The Morgan fingerprint density at radius 1 is 1.41 bits per heavy atom. The molecule has 0 unspecified atom stereocenters. The average molecular weight is 337 g/mol. The van der Waals surface area contributed by atoms with Crippen LogP contribution in [0, 0.1) is 0 Å². The molecule has 3 heterocycles. The number of nitrogens with zero attached hydrogens (tertiary/aromatic N) is 3. The van der Waals surface area contributed by atoms with Crippen LogP contribution in [0.25, 0.3) is 0 Å². The van der Waals surface area contributed by atoms with Crippen molar-refractivity contribution >= 4 is 34.7 Å². The number of nitrogens with one attached hydrogen (secondary N) is 1. The number of hydrogen-bond donors (Lipinski definition) is 1. The first-order chi connectivity index (χ1) is 10.7. The maximum Gasteiger partial charge on any atom is 0.239 e. The first kappa shape index (κ1) is 15.4.